The van der Waals surface area contributed by atoms with Crippen LogP contribution in [0.3, 0.4) is 0 Å². The lowest BCUT2D eigenvalue weighted by Crippen LogP contribution is -2.05. The standard InChI is InChI=1S/C10H16IN3S/c1-6(2)15-5-8-13-7(3)9(11)10(12-4)14-8/h6H,5H2,1-4H3,(H,12,13,14). The summed E-state index contributed by atoms with van der Waals surface area (Å²) in [6.45, 7) is 6.39. The van der Waals surface area contributed by atoms with Crippen LogP contribution in [-0.4, -0.2) is 22.3 Å². The van der Waals surface area contributed by atoms with E-state index in [4.69, 9.17) is 0 Å². The maximum atomic E-state index is 4.47. The molecule has 0 radical (unpaired) electrons. The van der Waals surface area contributed by atoms with Crippen molar-refractivity contribution in [3.8, 4) is 0 Å². The van der Waals surface area contributed by atoms with Crippen LogP contribution in [0.4, 0.5) is 5.82 Å². The SMILES string of the molecule is CNc1nc(CSC(C)C)nc(C)c1I. The fourth-order valence-electron chi connectivity index (χ4n) is 1.09. The molecule has 0 atom stereocenters. The van der Waals surface area contributed by atoms with Gasteiger partial charge in [-0.1, -0.05) is 13.8 Å². The van der Waals surface area contributed by atoms with Crippen LogP contribution >= 0.6 is 34.4 Å². The molecule has 1 N–H and O–H groups in total. The Kier molecular flexibility index (Phi) is 5.11. The molecule has 5 heteroatoms. The lowest BCUT2D eigenvalue weighted by atomic mass is 10.4. The molecule has 0 aromatic carbocycles. The number of anilines is 1. The summed E-state index contributed by atoms with van der Waals surface area (Å²) in [6.07, 6.45) is 0. The lowest BCUT2D eigenvalue weighted by molar-refractivity contribution is 0.978. The molecule has 0 saturated heterocycles. The molecule has 0 aliphatic carbocycles. The summed E-state index contributed by atoms with van der Waals surface area (Å²) in [6, 6.07) is 0. The minimum absolute atomic E-state index is 0.617. The Balaban J connectivity index is 2.86. The highest BCUT2D eigenvalue weighted by molar-refractivity contribution is 14.1. The van der Waals surface area contributed by atoms with Crippen LogP contribution in [0.15, 0.2) is 0 Å². The zero-order chi connectivity index (χ0) is 11.4. The van der Waals surface area contributed by atoms with Crippen molar-refractivity contribution in [1.29, 1.82) is 0 Å². The Hall–Kier alpha value is -0.0400. The second-order valence-corrected chi connectivity index (χ2v) is 6.14. The van der Waals surface area contributed by atoms with Crippen molar-refractivity contribution in [3.05, 3.63) is 15.1 Å². The summed E-state index contributed by atoms with van der Waals surface area (Å²) in [5.74, 6) is 2.72. The molecule has 15 heavy (non-hydrogen) atoms. The van der Waals surface area contributed by atoms with Crippen molar-refractivity contribution in [1.82, 2.24) is 9.97 Å². The normalized spacial score (nSPS) is 10.8. The van der Waals surface area contributed by atoms with Crippen LogP contribution < -0.4 is 5.32 Å². The van der Waals surface area contributed by atoms with E-state index in [0.29, 0.717) is 5.25 Å². The first-order chi connectivity index (χ1) is 7.04. The Morgan fingerprint density at radius 2 is 2.07 bits per heavy atom. The largest absolute Gasteiger partial charge is 0.372 e. The van der Waals surface area contributed by atoms with Gasteiger partial charge in [0.25, 0.3) is 0 Å². The quantitative estimate of drug-likeness (QED) is 0.857. The van der Waals surface area contributed by atoms with Crippen LogP contribution in [0, 0.1) is 10.5 Å². The first-order valence-electron chi connectivity index (χ1n) is 4.87. The topological polar surface area (TPSA) is 37.8 Å². The number of rotatable bonds is 4. The molecule has 0 amide bonds. The third-order valence-electron chi connectivity index (χ3n) is 1.85. The van der Waals surface area contributed by atoms with Crippen LogP contribution in [0.2, 0.25) is 0 Å². The van der Waals surface area contributed by atoms with Gasteiger partial charge >= 0.3 is 0 Å². The predicted octanol–water partition coefficient (Wildman–Crippen LogP) is 3.07. The maximum Gasteiger partial charge on any atom is 0.143 e. The summed E-state index contributed by atoms with van der Waals surface area (Å²) in [7, 11) is 1.89. The molecule has 1 aromatic heterocycles. The Morgan fingerprint density at radius 3 is 2.60 bits per heavy atom. The Bertz CT molecular complexity index is 342. The molecule has 0 saturated carbocycles. The Morgan fingerprint density at radius 1 is 1.40 bits per heavy atom. The zero-order valence-corrected chi connectivity index (χ0v) is 12.4. The molecule has 1 aromatic rings. The summed E-state index contributed by atoms with van der Waals surface area (Å²) < 4.78 is 1.10. The first-order valence-corrected chi connectivity index (χ1v) is 6.99. The molecule has 1 rings (SSSR count). The van der Waals surface area contributed by atoms with E-state index in [1.165, 1.54) is 0 Å². The fraction of sp³-hybridized carbons (Fsp3) is 0.600. The van der Waals surface area contributed by atoms with Crippen LogP contribution in [0.1, 0.15) is 25.4 Å². The van der Waals surface area contributed by atoms with Crippen molar-refractivity contribution in [2.24, 2.45) is 0 Å². The summed E-state index contributed by atoms with van der Waals surface area (Å²) >= 11 is 4.13. The van der Waals surface area contributed by atoms with Gasteiger partial charge in [-0.05, 0) is 34.8 Å². The van der Waals surface area contributed by atoms with E-state index in [0.717, 1.165) is 26.7 Å². The van der Waals surface area contributed by atoms with E-state index in [-0.39, 0.29) is 0 Å². The van der Waals surface area contributed by atoms with Gasteiger partial charge in [0.2, 0.25) is 0 Å². The van der Waals surface area contributed by atoms with Gasteiger partial charge in [-0.3, -0.25) is 0 Å². The summed E-state index contributed by atoms with van der Waals surface area (Å²) in [5, 5.41) is 3.71. The van der Waals surface area contributed by atoms with E-state index in [2.05, 4.69) is 51.7 Å². The highest BCUT2D eigenvalue weighted by Crippen LogP contribution is 2.21. The minimum Gasteiger partial charge on any atom is -0.372 e. The molecule has 0 unspecified atom stereocenters. The van der Waals surface area contributed by atoms with Gasteiger partial charge in [-0.15, -0.1) is 0 Å². The minimum atomic E-state index is 0.617. The first kappa shape index (κ1) is 13.0. The Labute approximate surface area is 109 Å². The van der Waals surface area contributed by atoms with Gasteiger partial charge in [0, 0.05) is 7.05 Å². The smallest absolute Gasteiger partial charge is 0.143 e. The molecule has 3 nitrogen and oxygen atoms in total. The average molecular weight is 337 g/mol. The molecule has 0 aliphatic heterocycles. The van der Waals surface area contributed by atoms with E-state index in [9.17, 15) is 0 Å². The number of hydrogen-bond acceptors (Lipinski definition) is 4. The molecular weight excluding hydrogens is 321 g/mol. The van der Waals surface area contributed by atoms with E-state index in [1.54, 1.807) is 0 Å². The second kappa shape index (κ2) is 5.89. The average Bonchev–Trinajstić information content (AvgIpc) is 2.19. The third kappa shape index (κ3) is 3.79. The number of thioether (sulfide) groups is 1. The van der Waals surface area contributed by atoms with E-state index in [1.807, 2.05) is 25.7 Å². The van der Waals surface area contributed by atoms with Crippen LogP contribution in [-0.2, 0) is 5.75 Å². The summed E-state index contributed by atoms with van der Waals surface area (Å²) in [5.41, 5.74) is 1.05. The van der Waals surface area contributed by atoms with Gasteiger partial charge in [-0.2, -0.15) is 11.8 Å². The molecule has 84 valence electrons. The molecule has 0 fully saturated rings. The highest BCUT2D eigenvalue weighted by atomic mass is 127. The monoisotopic (exact) mass is 337 g/mol. The predicted molar refractivity (Wildman–Crippen MR) is 75.5 cm³/mol. The van der Waals surface area contributed by atoms with E-state index >= 15 is 0 Å². The molecule has 0 spiro atoms. The second-order valence-electron chi connectivity index (χ2n) is 3.50. The van der Waals surface area contributed by atoms with Crippen molar-refractivity contribution in [3.63, 3.8) is 0 Å². The summed E-state index contributed by atoms with van der Waals surface area (Å²) in [4.78, 5) is 8.95. The lowest BCUT2D eigenvalue weighted by Gasteiger charge is -2.09. The number of nitrogens with one attached hydrogen (secondary N) is 1. The third-order valence-corrected chi connectivity index (χ3v) is 4.23. The zero-order valence-electron chi connectivity index (χ0n) is 9.47. The number of halogens is 1. The number of aromatic nitrogens is 2. The van der Waals surface area contributed by atoms with Crippen LogP contribution in [0.25, 0.3) is 0 Å². The highest BCUT2D eigenvalue weighted by Gasteiger charge is 2.08. The molecular formula is C10H16IN3S. The fourth-order valence-corrected chi connectivity index (χ4v) is 2.21. The van der Waals surface area contributed by atoms with Crippen molar-refractivity contribution >= 4 is 40.2 Å². The van der Waals surface area contributed by atoms with Crippen molar-refractivity contribution < 1.29 is 0 Å². The van der Waals surface area contributed by atoms with Crippen molar-refractivity contribution in [2.75, 3.05) is 12.4 Å². The number of aryl methyl sites for hydroxylation is 1. The number of nitrogens with zero attached hydrogens (tertiary/aromatic N) is 2. The number of hydrogen-bond donors (Lipinski definition) is 1. The molecule has 0 aliphatic rings. The molecule has 0 bridgehead atoms. The van der Waals surface area contributed by atoms with Gasteiger partial charge in [0.15, 0.2) is 0 Å². The van der Waals surface area contributed by atoms with Gasteiger partial charge in [-0.25, -0.2) is 9.97 Å². The van der Waals surface area contributed by atoms with Gasteiger partial charge in [0.1, 0.15) is 11.6 Å². The van der Waals surface area contributed by atoms with E-state index < -0.39 is 0 Å². The van der Waals surface area contributed by atoms with Crippen LogP contribution in [0.5, 0.6) is 0 Å². The van der Waals surface area contributed by atoms with Gasteiger partial charge < -0.3 is 5.32 Å². The van der Waals surface area contributed by atoms with Crippen molar-refractivity contribution in [2.45, 2.75) is 31.8 Å². The maximum absolute atomic E-state index is 4.47. The molecule has 1 heterocycles. The van der Waals surface area contributed by atoms with Gasteiger partial charge in [0.05, 0.1) is 15.0 Å².